The van der Waals surface area contributed by atoms with E-state index in [2.05, 4.69) is 67.5 Å². The first-order valence-electron chi connectivity index (χ1n) is 31.5. The average Bonchev–Trinajstić information content (AvgIpc) is 1.65. The monoisotopic (exact) mass is 1330 g/mol. The Labute approximate surface area is 539 Å². The number of nitrogens with one attached hydrogen (secondary N) is 5. The number of ketones is 1. The summed E-state index contributed by atoms with van der Waals surface area (Å²) in [6.45, 7) is 7.41. The number of carbonyl (C=O) groups excluding carboxylic acids is 7. The summed E-state index contributed by atoms with van der Waals surface area (Å²) in [5.41, 5.74) is 1.69. The van der Waals surface area contributed by atoms with Crippen LogP contribution in [0.5, 0.6) is 0 Å². The molecule has 0 spiro atoms. The number of pyridine rings is 2. The number of aliphatic carboxylic acids is 2. The molecule has 1 fully saturated rings. The maximum Gasteiger partial charge on any atom is 0.326 e. The Morgan fingerprint density at radius 2 is 1.24 bits per heavy atom. The summed E-state index contributed by atoms with van der Waals surface area (Å²) in [6.07, 6.45) is 20.2. The molecule has 6 amide bonds. The zero-order valence-electron chi connectivity index (χ0n) is 53.0. The number of fused-ring (bicyclic) bond motifs is 1. The van der Waals surface area contributed by atoms with E-state index in [0.29, 0.717) is 50.4 Å². The Hall–Kier alpha value is -7.40. The summed E-state index contributed by atoms with van der Waals surface area (Å²) < 4.78 is 23.8. The minimum atomic E-state index is -1.20. The molecule has 91 heavy (non-hydrogen) atoms. The molecule has 0 unspecified atom stereocenters. The van der Waals surface area contributed by atoms with E-state index >= 15 is 0 Å². The standard InChI is InChI=1S/C63H91BrN12O15/c1-43-21-23-52(64)72-60(43)73-61(85)50-34-63(4,42-75(50)57(82)38-76-51-37-69-49(46-35-67-45(3)68-36-46)33-47(51)59(74-76)44(2)77)41-70-56(81)40-91-32-30-89-28-26-66-55(80)39-90-31-29-88-27-25-65-53(78)24-22-48(62(86)87)71-54(79)19-17-15-13-11-9-7-5-6-8-10-12-14-16-18-20-58(83)84/h21,23,33,35-37,48,50H,5-20,22,24-32,34,38-42H2,1-4H3,(H,65,78)(H,66,80)(H,70,81)(H,71,79)(H,83,84)(H,86,87)(H,72,73,85)/t48-,50-,63+/m0/s1. The van der Waals surface area contributed by atoms with Crippen LogP contribution in [-0.2, 0) is 63.8 Å². The molecular weight excluding hydrogens is 1240 g/mol. The van der Waals surface area contributed by atoms with Crippen molar-refractivity contribution in [1.29, 1.82) is 0 Å². The fourth-order valence-corrected chi connectivity index (χ4v) is 10.6. The van der Waals surface area contributed by atoms with E-state index in [1.165, 1.54) is 54.8 Å². The summed E-state index contributed by atoms with van der Waals surface area (Å²) in [4.78, 5) is 133. The van der Waals surface area contributed by atoms with Gasteiger partial charge in [-0.1, -0.05) is 90.0 Å². The molecule has 5 rings (SSSR count). The van der Waals surface area contributed by atoms with Gasteiger partial charge in [-0.05, 0) is 73.2 Å². The van der Waals surface area contributed by atoms with E-state index in [4.69, 9.17) is 24.1 Å². The number of hydrogen-bond donors (Lipinski definition) is 7. The summed E-state index contributed by atoms with van der Waals surface area (Å²) >= 11 is 3.35. The van der Waals surface area contributed by atoms with Crippen LogP contribution in [0, 0.1) is 19.3 Å². The molecule has 0 aliphatic carbocycles. The minimum Gasteiger partial charge on any atom is -0.481 e. The van der Waals surface area contributed by atoms with Gasteiger partial charge < -0.3 is 60.6 Å². The van der Waals surface area contributed by atoms with Gasteiger partial charge in [-0.2, -0.15) is 5.10 Å². The van der Waals surface area contributed by atoms with Gasteiger partial charge in [0.25, 0.3) is 0 Å². The highest BCUT2D eigenvalue weighted by Crippen LogP contribution is 2.36. The van der Waals surface area contributed by atoms with Gasteiger partial charge in [0.1, 0.15) is 53.8 Å². The molecule has 4 aromatic rings. The zero-order chi connectivity index (χ0) is 66.0. The van der Waals surface area contributed by atoms with Gasteiger partial charge in [0.2, 0.25) is 35.4 Å². The van der Waals surface area contributed by atoms with Crippen LogP contribution in [0.1, 0.15) is 158 Å². The third-order valence-electron chi connectivity index (χ3n) is 15.3. The van der Waals surface area contributed by atoms with Gasteiger partial charge in [0.05, 0.1) is 57.0 Å². The third-order valence-corrected chi connectivity index (χ3v) is 15.7. The van der Waals surface area contributed by atoms with Crippen molar-refractivity contribution in [3.63, 3.8) is 0 Å². The molecule has 1 saturated heterocycles. The Balaban J connectivity index is 0.881. The number of ether oxygens (including phenoxy) is 4. The second-order valence-corrected chi connectivity index (χ2v) is 24.0. The molecule has 1 aliphatic rings. The summed E-state index contributed by atoms with van der Waals surface area (Å²) in [6, 6.07) is 3.11. The predicted molar refractivity (Wildman–Crippen MR) is 339 cm³/mol. The van der Waals surface area contributed by atoms with E-state index in [1.54, 1.807) is 44.4 Å². The molecule has 500 valence electrons. The SMILES string of the molecule is CC(=O)c1nn(CC(=O)N2C[C@@](C)(CNC(=O)COCCOCCNC(=O)COCCOCCNC(=O)CC[C@H](NC(=O)CCCCCCCCCCCCCCCCC(=O)O)C(=O)O)C[C@H]2C(=O)Nc2nc(Br)ccc2C)c2cnc(-c3cnc(C)nc3)cc12. The van der Waals surface area contributed by atoms with Gasteiger partial charge in [-0.3, -0.25) is 48.0 Å². The fourth-order valence-electron chi connectivity index (χ4n) is 10.3. The molecule has 0 saturated carbocycles. The van der Waals surface area contributed by atoms with Gasteiger partial charge >= 0.3 is 11.9 Å². The number of aryl methyl sites for hydroxylation is 2. The molecule has 0 radical (unpaired) electrons. The quantitative estimate of drug-likeness (QED) is 0.0147. The van der Waals surface area contributed by atoms with Gasteiger partial charge in [-0.15, -0.1) is 0 Å². The van der Waals surface area contributed by atoms with Crippen molar-refractivity contribution in [1.82, 2.24) is 55.9 Å². The van der Waals surface area contributed by atoms with Crippen molar-refractivity contribution >= 4 is 85.8 Å². The lowest BCUT2D eigenvalue weighted by Crippen LogP contribution is -2.45. The molecule has 3 atom stereocenters. The lowest BCUT2D eigenvalue weighted by molar-refractivity contribution is -0.142. The summed E-state index contributed by atoms with van der Waals surface area (Å²) in [7, 11) is 0. The van der Waals surface area contributed by atoms with Gasteiger partial charge in [-0.25, -0.2) is 19.7 Å². The topological polar surface area (TPSA) is 364 Å². The van der Waals surface area contributed by atoms with Crippen LogP contribution in [0.2, 0.25) is 0 Å². The first-order valence-corrected chi connectivity index (χ1v) is 32.3. The number of Topliss-reactive ketones (excluding diaryl/α,β-unsaturated/α-hetero) is 1. The Morgan fingerprint density at radius 1 is 0.681 bits per heavy atom. The molecular formula is C63H91BrN12O15. The molecule has 7 N–H and O–H groups in total. The molecule has 0 bridgehead atoms. The van der Waals surface area contributed by atoms with Crippen LogP contribution in [0.15, 0.2) is 41.4 Å². The van der Waals surface area contributed by atoms with E-state index in [-0.39, 0.29) is 147 Å². The fraction of sp³-hybridized carbons (Fsp3) is 0.619. The van der Waals surface area contributed by atoms with Crippen LogP contribution in [-0.4, -0.2) is 189 Å². The average molecular weight is 1340 g/mol. The minimum absolute atomic E-state index is 0.0532. The number of hydrogen-bond acceptors (Lipinski definition) is 18. The van der Waals surface area contributed by atoms with Gasteiger partial charge in [0, 0.05) is 81.1 Å². The number of nitrogens with zero attached hydrogens (tertiary/aromatic N) is 7. The highest BCUT2D eigenvalue weighted by Gasteiger charge is 2.46. The first kappa shape index (κ1) is 74.3. The number of amides is 6. The van der Waals surface area contributed by atoms with Crippen molar-refractivity contribution in [3.8, 4) is 11.3 Å². The molecule has 28 heteroatoms. The normalized spacial score (nSPS) is 14.9. The van der Waals surface area contributed by atoms with Crippen LogP contribution in [0.4, 0.5) is 5.82 Å². The maximum atomic E-state index is 14.4. The highest BCUT2D eigenvalue weighted by molar-refractivity contribution is 9.10. The zero-order valence-corrected chi connectivity index (χ0v) is 54.5. The van der Waals surface area contributed by atoms with Crippen LogP contribution >= 0.6 is 15.9 Å². The molecule has 1 aliphatic heterocycles. The summed E-state index contributed by atoms with van der Waals surface area (Å²) in [5.74, 6) is -3.77. The lowest BCUT2D eigenvalue weighted by atomic mass is 9.87. The smallest absolute Gasteiger partial charge is 0.326 e. The van der Waals surface area contributed by atoms with Crippen molar-refractivity contribution in [2.75, 3.05) is 84.4 Å². The third kappa shape index (κ3) is 27.9. The number of likely N-dealkylation sites (tertiary alicyclic amines) is 1. The second kappa shape index (κ2) is 40.5. The van der Waals surface area contributed by atoms with Gasteiger partial charge in [0.15, 0.2) is 5.78 Å². The molecule has 5 heterocycles. The van der Waals surface area contributed by atoms with E-state index in [1.807, 2.05) is 6.92 Å². The molecule has 27 nitrogen and oxygen atoms in total. The maximum absolute atomic E-state index is 14.4. The van der Waals surface area contributed by atoms with Crippen LogP contribution in [0.3, 0.4) is 0 Å². The van der Waals surface area contributed by atoms with Crippen molar-refractivity contribution < 1.29 is 72.3 Å². The Kier molecular flexibility index (Phi) is 33.0. The Bertz CT molecular complexity index is 3020. The predicted octanol–water partition coefficient (Wildman–Crippen LogP) is 6.20. The van der Waals surface area contributed by atoms with Crippen molar-refractivity contribution in [2.45, 2.75) is 168 Å². The number of rotatable bonds is 46. The van der Waals surface area contributed by atoms with Crippen LogP contribution in [0.25, 0.3) is 22.2 Å². The van der Waals surface area contributed by atoms with Crippen LogP contribution < -0.4 is 26.6 Å². The summed E-state index contributed by atoms with van der Waals surface area (Å²) in [5, 5.41) is 36.9. The number of unbranched alkanes of at least 4 members (excludes halogenated alkanes) is 13. The van der Waals surface area contributed by atoms with Crippen molar-refractivity contribution in [2.24, 2.45) is 5.41 Å². The molecule has 4 aromatic heterocycles. The van der Waals surface area contributed by atoms with E-state index in [9.17, 15) is 48.3 Å². The van der Waals surface area contributed by atoms with E-state index in [0.717, 1.165) is 51.4 Å². The number of carboxylic acids is 2. The lowest BCUT2D eigenvalue weighted by Gasteiger charge is -2.25. The number of anilines is 1. The number of carbonyl (C=O) groups is 9. The molecule has 0 aromatic carbocycles. The largest absolute Gasteiger partial charge is 0.481 e. The van der Waals surface area contributed by atoms with E-state index < -0.39 is 47.2 Å². The number of halogens is 1. The van der Waals surface area contributed by atoms with Crippen molar-refractivity contribution in [3.05, 3.63) is 58.5 Å². The highest BCUT2D eigenvalue weighted by atomic mass is 79.9. The Morgan fingerprint density at radius 3 is 1.82 bits per heavy atom. The number of aromatic nitrogens is 6. The number of carboxylic acid groups (broad SMARTS) is 2. The second-order valence-electron chi connectivity index (χ2n) is 23.2. The first-order chi connectivity index (χ1) is 43.7.